The monoisotopic (exact) mass is 436 g/mol. The number of thiocarbonyl (C=S) groups is 1. The molecule has 0 saturated carbocycles. The number of oxazole rings is 1. The van der Waals surface area contributed by atoms with Gasteiger partial charge < -0.3 is 9.73 Å². The highest BCUT2D eigenvalue weighted by Gasteiger charge is 2.22. The number of carbonyl (C=O) groups excluding carboxylic acids is 1. The maximum atomic E-state index is 12.3. The van der Waals surface area contributed by atoms with Gasteiger partial charge in [0.1, 0.15) is 4.32 Å². The number of hydrogen-bond donors (Lipinski definition) is 1. The van der Waals surface area contributed by atoms with Crippen LogP contribution in [0.25, 0.3) is 17.2 Å². The zero-order chi connectivity index (χ0) is 19.1. The van der Waals surface area contributed by atoms with Gasteiger partial charge in [-0.15, -0.1) is 0 Å². The molecule has 27 heavy (non-hydrogen) atoms. The number of carbonyl (C=O) groups is 1. The molecule has 0 radical (unpaired) electrons. The van der Waals surface area contributed by atoms with Crippen LogP contribution in [0.3, 0.4) is 0 Å². The number of halogens is 2. The molecule has 5 nitrogen and oxygen atoms in total. The Balaban J connectivity index is 1.75. The SMILES string of the molecule is O=C1NC(=S)S/C1=C\c1ccc2oc(=O)n(Cc3ccc(Cl)c(Cl)c3)c2c1. The molecule has 1 aromatic heterocycles. The first-order valence-electron chi connectivity index (χ1n) is 7.73. The van der Waals surface area contributed by atoms with Crippen LogP contribution >= 0.6 is 47.2 Å². The van der Waals surface area contributed by atoms with Gasteiger partial charge in [0.15, 0.2) is 5.58 Å². The van der Waals surface area contributed by atoms with Crippen molar-refractivity contribution in [3.05, 3.63) is 73.0 Å². The Morgan fingerprint density at radius 3 is 2.67 bits per heavy atom. The van der Waals surface area contributed by atoms with Crippen molar-refractivity contribution in [2.45, 2.75) is 6.54 Å². The van der Waals surface area contributed by atoms with Crippen molar-refractivity contribution in [1.29, 1.82) is 0 Å². The zero-order valence-corrected chi connectivity index (χ0v) is 16.6. The van der Waals surface area contributed by atoms with Crippen molar-refractivity contribution in [1.82, 2.24) is 9.88 Å². The summed E-state index contributed by atoms with van der Waals surface area (Å²) in [7, 11) is 0. The van der Waals surface area contributed by atoms with E-state index in [1.807, 2.05) is 0 Å². The van der Waals surface area contributed by atoms with Gasteiger partial charge in [0.05, 0.1) is 27.0 Å². The Morgan fingerprint density at radius 2 is 1.96 bits per heavy atom. The van der Waals surface area contributed by atoms with Gasteiger partial charge in [-0.1, -0.05) is 59.3 Å². The molecule has 3 aromatic rings. The van der Waals surface area contributed by atoms with Crippen LogP contribution in [0.1, 0.15) is 11.1 Å². The summed E-state index contributed by atoms with van der Waals surface area (Å²) in [6.45, 7) is 0.280. The van der Waals surface area contributed by atoms with E-state index in [0.29, 0.717) is 30.4 Å². The normalized spacial score (nSPS) is 15.7. The summed E-state index contributed by atoms with van der Waals surface area (Å²) in [5.74, 6) is -0.708. The van der Waals surface area contributed by atoms with Crippen LogP contribution in [0.15, 0.2) is 50.5 Å². The topological polar surface area (TPSA) is 64.2 Å². The number of amides is 1. The predicted octanol–water partition coefficient (Wildman–Crippen LogP) is 4.44. The smallest absolute Gasteiger partial charge is 0.408 e. The summed E-state index contributed by atoms with van der Waals surface area (Å²) in [6, 6.07) is 10.5. The van der Waals surface area contributed by atoms with Crippen molar-refractivity contribution in [3.63, 3.8) is 0 Å². The fourth-order valence-corrected chi connectivity index (χ4v) is 4.08. The Bertz CT molecular complexity index is 1200. The van der Waals surface area contributed by atoms with E-state index in [0.717, 1.165) is 11.1 Å². The molecule has 1 N–H and O–H groups in total. The molecule has 1 aliphatic rings. The number of hydrogen-bond acceptors (Lipinski definition) is 5. The standard InChI is InChI=1S/C18H10Cl2N2O3S2/c19-11-3-1-10(5-12(11)20)8-22-13-6-9(2-4-14(13)25-18(22)24)7-15-16(23)21-17(26)27-15/h1-7H,8H2,(H,21,23,26)/b15-7-. The number of benzene rings is 2. The van der Waals surface area contributed by atoms with Crippen LogP contribution in [0.5, 0.6) is 0 Å². The highest BCUT2D eigenvalue weighted by molar-refractivity contribution is 8.26. The van der Waals surface area contributed by atoms with Crippen LogP contribution in [0.2, 0.25) is 10.0 Å². The lowest BCUT2D eigenvalue weighted by Crippen LogP contribution is -2.17. The van der Waals surface area contributed by atoms with Gasteiger partial charge in [0, 0.05) is 0 Å². The van der Waals surface area contributed by atoms with E-state index in [-0.39, 0.29) is 12.5 Å². The maximum absolute atomic E-state index is 12.3. The van der Waals surface area contributed by atoms with Gasteiger partial charge in [-0.25, -0.2) is 4.79 Å². The lowest BCUT2D eigenvalue weighted by atomic mass is 10.1. The van der Waals surface area contributed by atoms with E-state index in [2.05, 4.69) is 5.32 Å². The lowest BCUT2D eigenvalue weighted by Gasteiger charge is -2.05. The molecule has 2 aromatic carbocycles. The molecule has 0 bridgehead atoms. The summed E-state index contributed by atoms with van der Waals surface area (Å²) in [4.78, 5) is 24.6. The van der Waals surface area contributed by atoms with Gasteiger partial charge >= 0.3 is 5.76 Å². The van der Waals surface area contributed by atoms with Gasteiger partial charge in [-0.2, -0.15) is 0 Å². The Kier molecular flexibility index (Phi) is 4.86. The van der Waals surface area contributed by atoms with Crippen LogP contribution in [-0.4, -0.2) is 14.8 Å². The third-order valence-corrected chi connectivity index (χ3v) is 5.86. The number of rotatable bonds is 3. The summed E-state index contributed by atoms with van der Waals surface area (Å²) >= 11 is 18.2. The second kappa shape index (κ2) is 7.16. The summed E-state index contributed by atoms with van der Waals surface area (Å²) in [5, 5.41) is 3.44. The molecule has 4 rings (SSSR count). The highest BCUT2D eigenvalue weighted by atomic mass is 35.5. The molecule has 2 heterocycles. The molecule has 9 heteroatoms. The van der Waals surface area contributed by atoms with Crippen molar-refractivity contribution in [3.8, 4) is 0 Å². The minimum atomic E-state index is -0.477. The number of thioether (sulfide) groups is 1. The minimum Gasteiger partial charge on any atom is -0.408 e. The summed E-state index contributed by atoms with van der Waals surface area (Å²) < 4.78 is 7.24. The van der Waals surface area contributed by atoms with Crippen LogP contribution < -0.4 is 11.1 Å². The number of nitrogens with one attached hydrogen (secondary N) is 1. The first-order valence-corrected chi connectivity index (χ1v) is 9.71. The third-order valence-electron chi connectivity index (χ3n) is 3.96. The molecule has 1 fully saturated rings. The average molecular weight is 437 g/mol. The summed E-state index contributed by atoms with van der Waals surface area (Å²) in [6.07, 6.45) is 1.72. The van der Waals surface area contributed by atoms with Crippen molar-refractivity contribution in [2.75, 3.05) is 0 Å². The molecule has 0 unspecified atom stereocenters. The second-order valence-corrected chi connectivity index (χ2v) is 8.32. The van der Waals surface area contributed by atoms with E-state index in [4.69, 9.17) is 39.8 Å². The van der Waals surface area contributed by atoms with Crippen molar-refractivity contribution in [2.24, 2.45) is 0 Å². The largest absolute Gasteiger partial charge is 0.420 e. The number of nitrogens with zero attached hydrogens (tertiary/aromatic N) is 1. The predicted molar refractivity (Wildman–Crippen MR) is 112 cm³/mol. The highest BCUT2D eigenvalue weighted by Crippen LogP contribution is 2.27. The lowest BCUT2D eigenvalue weighted by molar-refractivity contribution is -0.115. The molecule has 0 atom stereocenters. The van der Waals surface area contributed by atoms with Crippen molar-refractivity contribution >= 4 is 74.6 Å². The second-order valence-electron chi connectivity index (χ2n) is 5.78. The first-order chi connectivity index (χ1) is 12.9. The van der Waals surface area contributed by atoms with E-state index < -0.39 is 5.76 Å². The fraction of sp³-hybridized carbons (Fsp3) is 0.0556. The maximum Gasteiger partial charge on any atom is 0.420 e. The van der Waals surface area contributed by atoms with Gasteiger partial charge in [0.25, 0.3) is 5.91 Å². The average Bonchev–Trinajstić information content (AvgIpc) is 3.10. The number of aromatic nitrogens is 1. The molecular formula is C18H10Cl2N2O3S2. The van der Waals surface area contributed by atoms with E-state index in [1.54, 1.807) is 42.5 Å². The van der Waals surface area contributed by atoms with Gasteiger partial charge in [-0.05, 0) is 41.5 Å². The minimum absolute atomic E-state index is 0.231. The Labute approximate surface area is 172 Å². The van der Waals surface area contributed by atoms with E-state index in [9.17, 15) is 9.59 Å². The quantitative estimate of drug-likeness (QED) is 0.485. The first kappa shape index (κ1) is 18.3. The molecule has 1 saturated heterocycles. The molecule has 0 spiro atoms. The third kappa shape index (κ3) is 3.68. The van der Waals surface area contributed by atoms with E-state index in [1.165, 1.54) is 16.3 Å². The van der Waals surface area contributed by atoms with Crippen LogP contribution in [-0.2, 0) is 11.3 Å². The molecule has 136 valence electrons. The Morgan fingerprint density at radius 1 is 1.15 bits per heavy atom. The van der Waals surface area contributed by atoms with E-state index >= 15 is 0 Å². The van der Waals surface area contributed by atoms with Gasteiger partial charge in [-0.3, -0.25) is 9.36 Å². The summed E-state index contributed by atoms with van der Waals surface area (Å²) in [5.41, 5.74) is 2.65. The fourth-order valence-electron chi connectivity index (χ4n) is 2.71. The zero-order valence-electron chi connectivity index (χ0n) is 13.5. The van der Waals surface area contributed by atoms with Gasteiger partial charge in [0.2, 0.25) is 0 Å². The molecular weight excluding hydrogens is 427 g/mol. The molecule has 0 aliphatic carbocycles. The molecule has 1 amide bonds. The van der Waals surface area contributed by atoms with Crippen molar-refractivity contribution < 1.29 is 9.21 Å². The van der Waals surface area contributed by atoms with Crippen LogP contribution in [0, 0.1) is 0 Å². The number of fused-ring (bicyclic) bond motifs is 1. The van der Waals surface area contributed by atoms with Crippen LogP contribution in [0.4, 0.5) is 0 Å². The Hall–Kier alpha value is -2.06. The molecule has 1 aliphatic heterocycles.